The SMILES string of the molecule is COc1ccc2[nH]cc(C3CCN(C(=O)c4ccccc4NC(=O)c4ccccc4)CC3)c2c1. The van der Waals surface area contributed by atoms with Gasteiger partial charge in [0, 0.05) is 35.8 Å². The van der Waals surface area contributed by atoms with Crippen LogP contribution in [0.25, 0.3) is 10.9 Å². The molecule has 2 heterocycles. The third kappa shape index (κ3) is 4.27. The van der Waals surface area contributed by atoms with Gasteiger partial charge in [-0.05, 0) is 66.8 Å². The number of nitrogens with one attached hydrogen (secondary N) is 2. The van der Waals surface area contributed by atoms with Crippen molar-refractivity contribution in [3.05, 3.63) is 95.7 Å². The number of likely N-dealkylation sites (tertiary alicyclic amines) is 1. The predicted octanol–water partition coefficient (Wildman–Crippen LogP) is 5.45. The normalized spacial score (nSPS) is 14.2. The molecule has 1 aliphatic rings. The highest BCUT2D eigenvalue weighted by atomic mass is 16.5. The minimum absolute atomic E-state index is 0.0528. The van der Waals surface area contributed by atoms with Crippen LogP contribution in [-0.4, -0.2) is 41.9 Å². The van der Waals surface area contributed by atoms with Crippen LogP contribution in [-0.2, 0) is 0 Å². The maximum Gasteiger partial charge on any atom is 0.255 e. The van der Waals surface area contributed by atoms with Gasteiger partial charge in [0.1, 0.15) is 5.75 Å². The number of hydrogen-bond acceptors (Lipinski definition) is 3. The zero-order valence-electron chi connectivity index (χ0n) is 19.1. The van der Waals surface area contributed by atoms with E-state index in [0.717, 1.165) is 24.1 Å². The van der Waals surface area contributed by atoms with E-state index in [9.17, 15) is 9.59 Å². The second-order valence-electron chi connectivity index (χ2n) is 8.59. The van der Waals surface area contributed by atoms with E-state index in [4.69, 9.17) is 4.74 Å². The lowest BCUT2D eigenvalue weighted by atomic mass is 9.89. The highest BCUT2D eigenvalue weighted by Crippen LogP contribution is 2.35. The fraction of sp³-hybridized carbons (Fsp3) is 0.214. The monoisotopic (exact) mass is 453 g/mol. The second-order valence-corrected chi connectivity index (χ2v) is 8.59. The Morgan fingerprint density at radius 1 is 0.971 bits per heavy atom. The molecule has 6 heteroatoms. The van der Waals surface area contributed by atoms with E-state index < -0.39 is 0 Å². The Labute approximate surface area is 198 Å². The minimum atomic E-state index is -0.227. The van der Waals surface area contributed by atoms with Crippen LogP contribution in [0.3, 0.4) is 0 Å². The molecule has 4 aromatic rings. The first-order valence-electron chi connectivity index (χ1n) is 11.5. The Balaban J connectivity index is 1.29. The molecule has 34 heavy (non-hydrogen) atoms. The number of ether oxygens (including phenoxy) is 1. The number of rotatable bonds is 5. The molecule has 0 radical (unpaired) electrons. The Morgan fingerprint density at radius 2 is 1.71 bits per heavy atom. The average molecular weight is 454 g/mol. The first-order chi connectivity index (χ1) is 16.6. The van der Waals surface area contributed by atoms with Crippen LogP contribution in [0, 0.1) is 0 Å². The van der Waals surface area contributed by atoms with E-state index >= 15 is 0 Å². The van der Waals surface area contributed by atoms with Crippen LogP contribution >= 0.6 is 0 Å². The molecule has 0 spiro atoms. The summed E-state index contributed by atoms with van der Waals surface area (Å²) in [6, 6.07) is 22.3. The first kappa shape index (κ1) is 21.8. The molecule has 1 aromatic heterocycles. The van der Waals surface area contributed by atoms with Gasteiger partial charge in [-0.2, -0.15) is 0 Å². The number of anilines is 1. The van der Waals surface area contributed by atoms with E-state index in [0.29, 0.717) is 35.8 Å². The zero-order chi connectivity index (χ0) is 23.5. The molecule has 6 nitrogen and oxygen atoms in total. The standard InChI is InChI=1S/C28H27N3O3/c1-34-21-11-12-25-23(17-21)24(18-29-25)19-13-15-31(16-14-19)28(33)22-9-5-6-10-26(22)30-27(32)20-7-3-2-4-8-20/h2-12,17-19,29H,13-16H2,1H3,(H,30,32). The van der Waals surface area contributed by atoms with Gasteiger partial charge in [0.2, 0.25) is 0 Å². The molecule has 5 rings (SSSR count). The fourth-order valence-corrected chi connectivity index (χ4v) is 4.71. The molecule has 1 fully saturated rings. The summed E-state index contributed by atoms with van der Waals surface area (Å²) in [5, 5.41) is 4.09. The fourth-order valence-electron chi connectivity index (χ4n) is 4.71. The summed E-state index contributed by atoms with van der Waals surface area (Å²) in [6.07, 6.45) is 3.85. The summed E-state index contributed by atoms with van der Waals surface area (Å²) in [7, 11) is 1.68. The Kier molecular flexibility index (Phi) is 6.04. The minimum Gasteiger partial charge on any atom is -0.497 e. The van der Waals surface area contributed by atoms with Gasteiger partial charge in [-0.1, -0.05) is 30.3 Å². The van der Waals surface area contributed by atoms with E-state index in [2.05, 4.69) is 22.6 Å². The van der Waals surface area contributed by atoms with Crippen molar-refractivity contribution in [3.8, 4) is 5.75 Å². The highest BCUT2D eigenvalue weighted by Gasteiger charge is 2.27. The van der Waals surface area contributed by atoms with Crippen molar-refractivity contribution in [1.82, 2.24) is 9.88 Å². The molecule has 2 N–H and O–H groups in total. The number of piperidine rings is 1. The molecular formula is C28H27N3O3. The van der Waals surface area contributed by atoms with Gasteiger partial charge in [-0.25, -0.2) is 0 Å². The molecule has 172 valence electrons. The maximum atomic E-state index is 13.4. The topological polar surface area (TPSA) is 74.4 Å². The van der Waals surface area contributed by atoms with Crippen molar-refractivity contribution in [3.63, 3.8) is 0 Å². The average Bonchev–Trinajstić information content (AvgIpc) is 3.32. The van der Waals surface area contributed by atoms with Gasteiger partial charge in [-0.15, -0.1) is 0 Å². The first-order valence-corrected chi connectivity index (χ1v) is 11.5. The summed E-state index contributed by atoms with van der Waals surface area (Å²) in [6.45, 7) is 1.34. The number of carbonyl (C=O) groups excluding carboxylic acids is 2. The van der Waals surface area contributed by atoms with Gasteiger partial charge in [0.15, 0.2) is 0 Å². The van der Waals surface area contributed by atoms with E-state index in [1.54, 1.807) is 31.4 Å². The number of aromatic nitrogens is 1. The summed E-state index contributed by atoms with van der Waals surface area (Å²) in [5.74, 6) is 0.936. The van der Waals surface area contributed by atoms with E-state index in [1.807, 2.05) is 47.4 Å². The Bertz CT molecular complexity index is 1320. The lowest BCUT2D eigenvalue weighted by Gasteiger charge is -2.32. The van der Waals surface area contributed by atoms with Gasteiger partial charge < -0.3 is 19.9 Å². The van der Waals surface area contributed by atoms with E-state index in [-0.39, 0.29) is 11.8 Å². The van der Waals surface area contributed by atoms with Crippen molar-refractivity contribution in [1.29, 1.82) is 0 Å². The Hall–Kier alpha value is -4.06. The van der Waals surface area contributed by atoms with E-state index in [1.165, 1.54) is 10.9 Å². The third-order valence-electron chi connectivity index (χ3n) is 6.58. The lowest BCUT2D eigenvalue weighted by molar-refractivity contribution is 0.0714. The zero-order valence-corrected chi connectivity index (χ0v) is 19.1. The van der Waals surface area contributed by atoms with Crippen molar-refractivity contribution in [2.24, 2.45) is 0 Å². The number of hydrogen-bond donors (Lipinski definition) is 2. The van der Waals surface area contributed by atoms with Crippen molar-refractivity contribution in [2.75, 3.05) is 25.5 Å². The number of amides is 2. The number of methoxy groups -OCH3 is 1. The van der Waals surface area contributed by atoms with Crippen molar-refractivity contribution < 1.29 is 14.3 Å². The maximum absolute atomic E-state index is 13.4. The molecule has 0 aliphatic carbocycles. The molecule has 0 atom stereocenters. The highest BCUT2D eigenvalue weighted by molar-refractivity contribution is 6.09. The molecule has 2 amide bonds. The van der Waals surface area contributed by atoms with Gasteiger partial charge in [-0.3, -0.25) is 9.59 Å². The van der Waals surface area contributed by atoms with Crippen LogP contribution < -0.4 is 10.1 Å². The van der Waals surface area contributed by atoms with Gasteiger partial charge in [0.25, 0.3) is 11.8 Å². The summed E-state index contributed by atoms with van der Waals surface area (Å²) in [5.41, 5.74) is 3.98. The molecule has 0 saturated carbocycles. The van der Waals surface area contributed by atoms with Crippen LogP contribution in [0.4, 0.5) is 5.69 Å². The summed E-state index contributed by atoms with van der Waals surface area (Å²) < 4.78 is 5.40. The molecule has 3 aromatic carbocycles. The van der Waals surface area contributed by atoms with Crippen LogP contribution in [0.15, 0.2) is 79.0 Å². The predicted molar refractivity (Wildman–Crippen MR) is 134 cm³/mol. The molecule has 1 saturated heterocycles. The molecule has 0 unspecified atom stereocenters. The van der Waals surface area contributed by atoms with Crippen LogP contribution in [0.2, 0.25) is 0 Å². The number of aromatic amines is 1. The Morgan fingerprint density at radius 3 is 2.47 bits per heavy atom. The number of fused-ring (bicyclic) bond motifs is 1. The van der Waals surface area contributed by atoms with Gasteiger partial charge in [0.05, 0.1) is 18.4 Å². The van der Waals surface area contributed by atoms with Crippen LogP contribution in [0.5, 0.6) is 5.75 Å². The largest absolute Gasteiger partial charge is 0.497 e. The second kappa shape index (κ2) is 9.43. The number of para-hydroxylation sites is 1. The van der Waals surface area contributed by atoms with Gasteiger partial charge >= 0.3 is 0 Å². The smallest absolute Gasteiger partial charge is 0.255 e. The molecular weight excluding hydrogens is 426 g/mol. The lowest BCUT2D eigenvalue weighted by Crippen LogP contribution is -2.38. The summed E-state index contributed by atoms with van der Waals surface area (Å²) >= 11 is 0. The molecule has 1 aliphatic heterocycles. The summed E-state index contributed by atoms with van der Waals surface area (Å²) in [4.78, 5) is 31.3. The molecule has 0 bridgehead atoms. The number of carbonyl (C=O) groups is 2. The number of H-pyrrole nitrogens is 1. The number of benzene rings is 3. The third-order valence-corrected chi connectivity index (χ3v) is 6.58. The van der Waals surface area contributed by atoms with Crippen LogP contribution in [0.1, 0.15) is 45.0 Å². The quantitative estimate of drug-likeness (QED) is 0.422. The van der Waals surface area contributed by atoms with Crippen molar-refractivity contribution in [2.45, 2.75) is 18.8 Å². The van der Waals surface area contributed by atoms with Crippen molar-refractivity contribution >= 4 is 28.4 Å². The number of nitrogens with zero attached hydrogens (tertiary/aromatic N) is 1.